The molecule has 3 aliphatic heterocycles. The Kier molecular flexibility index (Phi) is 3.32. The molecule has 0 saturated carbocycles. The summed E-state index contributed by atoms with van der Waals surface area (Å²) in [6.45, 7) is 5.90. The Morgan fingerprint density at radius 1 is 1.56 bits per heavy atom. The van der Waals surface area contributed by atoms with Crippen molar-refractivity contribution in [3.63, 3.8) is 0 Å². The molecule has 0 spiro atoms. The lowest BCUT2D eigenvalue weighted by Crippen LogP contribution is -2.47. The van der Waals surface area contributed by atoms with Crippen molar-refractivity contribution in [2.45, 2.75) is 26.4 Å². The quantitative estimate of drug-likeness (QED) is 0.603. The molecule has 4 heterocycles. The van der Waals surface area contributed by atoms with Gasteiger partial charge in [0.25, 0.3) is 0 Å². The van der Waals surface area contributed by atoms with Crippen molar-refractivity contribution < 1.29 is 9.36 Å². The van der Waals surface area contributed by atoms with Crippen LogP contribution in [0.1, 0.15) is 24.3 Å². The van der Waals surface area contributed by atoms with Crippen LogP contribution in [0.5, 0.6) is 0 Å². The minimum atomic E-state index is 0.360. The summed E-state index contributed by atoms with van der Waals surface area (Å²) in [5.41, 5.74) is 0.870. The van der Waals surface area contributed by atoms with E-state index in [-0.39, 0.29) is 0 Å². The predicted molar refractivity (Wildman–Crippen MR) is 67.2 cm³/mol. The Morgan fingerprint density at radius 2 is 2.39 bits per heavy atom. The molecule has 3 aliphatic rings. The van der Waals surface area contributed by atoms with E-state index in [2.05, 4.69) is 15.2 Å². The topological polar surface area (TPSA) is 50.9 Å². The van der Waals surface area contributed by atoms with Gasteiger partial charge in [-0.15, -0.1) is 0 Å². The van der Waals surface area contributed by atoms with E-state index in [1.54, 1.807) is 0 Å². The fourth-order valence-corrected chi connectivity index (χ4v) is 2.89. The first kappa shape index (κ1) is 11.7. The number of aryl methyl sites for hydroxylation is 1. The predicted octanol–water partition coefficient (Wildman–Crippen LogP) is 1.83. The van der Waals surface area contributed by atoms with Gasteiger partial charge in [-0.2, -0.15) is 0 Å². The molecule has 5 heteroatoms. The van der Waals surface area contributed by atoms with E-state index in [1.165, 1.54) is 25.9 Å². The normalized spacial score (nSPS) is 31.1. The Hall–Kier alpha value is -1.36. The Balaban J connectivity index is 1.46. The van der Waals surface area contributed by atoms with Crippen LogP contribution in [0.2, 0.25) is 0 Å². The van der Waals surface area contributed by atoms with E-state index in [0.717, 1.165) is 23.9 Å². The van der Waals surface area contributed by atoms with Gasteiger partial charge in [-0.05, 0) is 38.8 Å². The third-order valence-electron chi connectivity index (χ3n) is 3.92. The van der Waals surface area contributed by atoms with E-state index >= 15 is 0 Å². The molecule has 1 unspecified atom stereocenters. The van der Waals surface area contributed by atoms with Crippen LogP contribution >= 0.6 is 0 Å². The van der Waals surface area contributed by atoms with Crippen molar-refractivity contribution in [3.8, 4) is 0 Å². The fourth-order valence-electron chi connectivity index (χ4n) is 2.89. The Labute approximate surface area is 107 Å². The molecular weight excluding hydrogens is 230 g/mol. The van der Waals surface area contributed by atoms with E-state index < -0.39 is 0 Å². The monoisotopic (exact) mass is 249 g/mol. The maximum atomic E-state index is 5.26. The molecule has 3 saturated heterocycles. The zero-order valence-corrected chi connectivity index (χ0v) is 10.7. The number of oxime groups is 1. The second-order valence-corrected chi connectivity index (χ2v) is 5.26. The van der Waals surface area contributed by atoms with Crippen molar-refractivity contribution in [2.24, 2.45) is 17.0 Å². The van der Waals surface area contributed by atoms with E-state index in [4.69, 9.17) is 9.36 Å². The maximum Gasteiger partial charge on any atom is 0.177 e. The maximum absolute atomic E-state index is 5.26. The second-order valence-electron chi connectivity index (χ2n) is 5.26. The van der Waals surface area contributed by atoms with Crippen molar-refractivity contribution in [2.75, 3.05) is 19.6 Å². The van der Waals surface area contributed by atoms with E-state index in [0.29, 0.717) is 12.5 Å². The molecule has 5 nitrogen and oxygen atoms in total. The number of fused-ring (bicyclic) bond motifs is 3. The lowest BCUT2D eigenvalue weighted by atomic mass is 9.80. The minimum Gasteiger partial charge on any atom is -0.388 e. The number of hydrogen-bond donors (Lipinski definition) is 0. The van der Waals surface area contributed by atoms with Crippen LogP contribution in [-0.4, -0.2) is 35.9 Å². The average molecular weight is 249 g/mol. The number of aromatic nitrogens is 1. The van der Waals surface area contributed by atoms with Crippen molar-refractivity contribution in [1.29, 1.82) is 0 Å². The number of hydrogen-bond acceptors (Lipinski definition) is 5. The van der Waals surface area contributed by atoms with Crippen LogP contribution in [0.4, 0.5) is 0 Å². The standard InChI is InChI=1S/C13H19N3O2/c1-10-6-13(18-15-10)9-17-14-7-12-8-16-4-2-11(12)3-5-16/h6-7,11-12H,2-5,8-9H2,1H3. The van der Waals surface area contributed by atoms with Gasteiger partial charge in [0.05, 0.1) is 5.69 Å². The molecule has 4 rings (SSSR count). The molecule has 1 aromatic heterocycles. The van der Waals surface area contributed by atoms with Crippen LogP contribution in [0.3, 0.4) is 0 Å². The molecule has 1 aromatic rings. The third kappa shape index (κ3) is 2.56. The highest BCUT2D eigenvalue weighted by atomic mass is 16.6. The van der Waals surface area contributed by atoms with E-state index in [1.807, 2.05) is 19.2 Å². The van der Waals surface area contributed by atoms with Crippen molar-refractivity contribution in [3.05, 3.63) is 17.5 Å². The molecule has 0 amide bonds. The van der Waals surface area contributed by atoms with Gasteiger partial charge in [0, 0.05) is 24.7 Å². The molecule has 0 aromatic carbocycles. The van der Waals surface area contributed by atoms with Crippen molar-refractivity contribution >= 4 is 6.21 Å². The first-order chi connectivity index (χ1) is 8.81. The highest BCUT2D eigenvalue weighted by Gasteiger charge is 2.33. The molecule has 0 aliphatic carbocycles. The fraction of sp³-hybridized carbons (Fsp3) is 0.692. The zero-order valence-electron chi connectivity index (χ0n) is 10.7. The lowest BCUT2D eigenvalue weighted by molar-refractivity contribution is 0.0762. The van der Waals surface area contributed by atoms with Gasteiger partial charge in [-0.1, -0.05) is 10.3 Å². The largest absolute Gasteiger partial charge is 0.388 e. The highest BCUT2D eigenvalue weighted by Crippen LogP contribution is 2.31. The van der Waals surface area contributed by atoms with Crippen LogP contribution in [0, 0.1) is 18.8 Å². The summed E-state index contributed by atoms with van der Waals surface area (Å²) in [5.74, 6) is 2.08. The Bertz CT molecular complexity index is 422. The van der Waals surface area contributed by atoms with E-state index in [9.17, 15) is 0 Å². The van der Waals surface area contributed by atoms with Crippen LogP contribution in [0.15, 0.2) is 15.7 Å². The summed E-state index contributed by atoms with van der Waals surface area (Å²) in [4.78, 5) is 7.77. The van der Waals surface area contributed by atoms with Gasteiger partial charge in [0.15, 0.2) is 12.4 Å². The summed E-state index contributed by atoms with van der Waals surface area (Å²) in [5, 5.41) is 7.88. The molecule has 0 N–H and O–H groups in total. The van der Waals surface area contributed by atoms with Gasteiger partial charge in [-0.3, -0.25) is 0 Å². The second kappa shape index (κ2) is 5.10. The molecule has 0 radical (unpaired) electrons. The third-order valence-corrected chi connectivity index (χ3v) is 3.92. The summed E-state index contributed by atoms with van der Waals surface area (Å²) in [6, 6.07) is 1.86. The molecule has 98 valence electrons. The van der Waals surface area contributed by atoms with Crippen LogP contribution in [-0.2, 0) is 11.4 Å². The number of rotatable bonds is 4. The van der Waals surface area contributed by atoms with Gasteiger partial charge < -0.3 is 14.3 Å². The number of piperidine rings is 3. The highest BCUT2D eigenvalue weighted by molar-refractivity contribution is 5.61. The van der Waals surface area contributed by atoms with Crippen LogP contribution in [0.25, 0.3) is 0 Å². The van der Waals surface area contributed by atoms with Gasteiger partial charge in [-0.25, -0.2) is 0 Å². The number of nitrogens with zero attached hydrogens (tertiary/aromatic N) is 3. The smallest absolute Gasteiger partial charge is 0.177 e. The summed E-state index contributed by atoms with van der Waals surface area (Å²) >= 11 is 0. The average Bonchev–Trinajstić information content (AvgIpc) is 2.82. The summed E-state index contributed by atoms with van der Waals surface area (Å²) < 4.78 is 5.05. The lowest BCUT2D eigenvalue weighted by Gasteiger charge is -2.43. The molecule has 18 heavy (non-hydrogen) atoms. The molecule has 3 fully saturated rings. The first-order valence-corrected chi connectivity index (χ1v) is 6.61. The minimum absolute atomic E-state index is 0.360. The summed E-state index contributed by atoms with van der Waals surface area (Å²) in [7, 11) is 0. The van der Waals surface area contributed by atoms with Crippen molar-refractivity contribution in [1.82, 2.24) is 10.1 Å². The molecular formula is C13H19N3O2. The van der Waals surface area contributed by atoms with Gasteiger partial charge in [0.2, 0.25) is 0 Å². The Morgan fingerprint density at radius 3 is 3.00 bits per heavy atom. The van der Waals surface area contributed by atoms with Gasteiger partial charge in [0.1, 0.15) is 0 Å². The zero-order chi connectivity index (χ0) is 12.4. The SMILES string of the molecule is Cc1cc(CON=CC2CN3CCC2CC3)on1. The summed E-state index contributed by atoms with van der Waals surface area (Å²) in [6.07, 6.45) is 4.58. The first-order valence-electron chi connectivity index (χ1n) is 6.61. The molecule has 1 atom stereocenters. The van der Waals surface area contributed by atoms with Gasteiger partial charge >= 0.3 is 0 Å². The molecule has 2 bridgehead atoms. The van der Waals surface area contributed by atoms with Crippen LogP contribution < -0.4 is 0 Å².